The average molecular weight is 281 g/mol. The Labute approximate surface area is 116 Å². The van der Waals surface area contributed by atoms with Crippen LogP contribution in [0.4, 0.5) is 0 Å². The fraction of sp³-hybridized carbons (Fsp3) is 0.600. The zero-order valence-corrected chi connectivity index (χ0v) is 13.0. The lowest BCUT2D eigenvalue weighted by molar-refractivity contribution is 0.222. The lowest BCUT2D eigenvalue weighted by Crippen LogP contribution is -2.42. The summed E-state index contributed by atoms with van der Waals surface area (Å²) in [4.78, 5) is 0.466. The fourth-order valence-corrected chi connectivity index (χ4v) is 4.92. The molecule has 0 aliphatic carbocycles. The van der Waals surface area contributed by atoms with Crippen molar-refractivity contribution in [2.24, 2.45) is 11.8 Å². The van der Waals surface area contributed by atoms with Crippen molar-refractivity contribution in [3.8, 4) is 0 Å². The van der Waals surface area contributed by atoms with Crippen molar-refractivity contribution in [3.63, 3.8) is 0 Å². The van der Waals surface area contributed by atoms with E-state index in [1.165, 1.54) is 0 Å². The van der Waals surface area contributed by atoms with Crippen LogP contribution in [-0.2, 0) is 10.0 Å². The van der Waals surface area contributed by atoms with Crippen LogP contribution in [0.2, 0.25) is 0 Å². The van der Waals surface area contributed by atoms with Gasteiger partial charge in [0, 0.05) is 13.1 Å². The van der Waals surface area contributed by atoms with E-state index in [1.54, 1.807) is 10.4 Å². The molecule has 106 valence electrons. The molecule has 0 spiro atoms. The van der Waals surface area contributed by atoms with Crippen molar-refractivity contribution in [1.29, 1.82) is 0 Å². The van der Waals surface area contributed by atoms with E-state index in [0.717, 1.165) is 17.5 Å². The van der Waals surface area contributed by atoms with Crippen LogP contribution in [0.1, 0.15) is 31.4 Å². The van der Waals surface area contributed by atoms with E-state index in [4.69, 9.17) is 0 Å². The van der Waals surface area contributed by atoms with Gasteiger partial charge in [-0.2, -0.15) is 4.31 Å². The zero-order valence-electron chi connectivity index (χ0n) is 12.2. The Morgan fingerprint density at radius 2 is 1.68 bits per heavy atom. The molecule has 1 fully saturated rings. The highest BCUT2D eigenvalue weighted by molar-refractivity contribution is 7.89. The van der Waals surface area contributed by atoms with Gasteiger partial charge in [-0.1, -0.05) is 26.0 Å². The Balaban J connectivity index is 2.39. The minimum atomic E-state index is -3.35. The molecular formula is C15H23NO2S. The topological polar surface area (TPSA) is 37.4 Å². The summed E-state index contributed by atoms with van der Waals surface area (Å²) in [7, 11) is -3.35. The zero-order chi connectivity index (χ0) is 14.2. The van der Waals surface area contributed by atoms with Gasteiger partial charge in [0.05, 0.1) is 4.90 Å². The van der Waals surface area contributed by atoms with Gasteiger partial charge in [0.2, 0.25) is 10.0 Å². The second kappa shape index (κ2) is 5.25. The van der Waals surface area contributed by atoms with Gasteiger partial charge in [0.15, 0.2) is 0 Å². The van der Waals surface area contributed by atoms with Gasteiger partial charge >= 0.3 is 0 Å². The van der Waals surface area contributed by atoms with Crippen LogP contribution >= 0.6 is 0 Å². The summed E-state index contributed by atoms with van der Waals surface area (Å²) in [5, 5.41) is 0. The van der Waals surface area contributed by atoms with E-state index in [0.29, 0.717) is 29.8 Å². The number of piperidine rings is 1. The van der Waals surface area contributed by atoms with Crippen LogP contribution in [0, 0.1) is 25.7 Å². The second-order valence-electron chi connectivity index (χ2n) is 6.04. The molecule has 1 heterocycles. The maximum absolute atomic E-state index is 12.8. The molecule has 1 aromatic carbocycles. The van der Waals surface area contributed by atoms with Crippen LogP contribution in [0.15, 0.2) is 23.1 Å². The first-order valence-electron chi connectivity index (χ1n) is 6.88. The van der Waals surface area contributed by atoms with Crippen molar-refractivity contribution < 1.29 is 8.42 Å². The van der Waals surface area contributed by atoms with Gasteiger partial charge in [0.25, 0.3) is 0 Å². The van der Waals surface area contributed by atoms with Crippen LogP contribution in [-0.4, -0.2) is 25.8 Å². The Morgan fingerprint density at radius 3 is 2.26 bits per heavy atom. The van der Waals surface area contributed by atoms with Crippen LogP contribution in [0.3, 0.4) is 0 Å². The molecule has 0 amide bonds. The number of nitrogens with zero attached hydrogens (tertiary/aromatic N) is 1. The lowest BCUT2D eigenvalue weighted by atomic mass is 9.94. The monoisotopic (exact) mass is 281 g/mol. The number of aryl methyl sites for hydroxylation is 2. The maximum Gasteiger partial charge on any atom is 0.243 e. The fourth-order valence-electron chi connectivity index (χ4n) is 2.93. The molecule has 1 saturated heterocycles. The van der Waals surface area contributed by atoms with E-state index in [2.05, 4.69) is 13.8 Å². The third-order valence-corrected chi connectivity index (χ3v) is 5.77. The molecule has 19 heavy (non-hydrogen) atoms. The summed E-state index contributed by atoms with van der Waals surface area (Å²) in [6, 6.07) is 5.63. The highest BCUT2D eigenvalue weighted by atomic mass is 32.2. The Hall–Kier alpha value is -0.870. The molecule has 0 radical (unpaired) electrons. The first kappa shape index (κ1) is 14.5. The number of benzene rings is 1. The van der Waals surface area contributed by atoms with Crippen molar-refractivity contribution in [1.82, 2.24) is 4.31 Å². The molecule has 1 aliphatic heterocycles. The van der Waals surface area contributed by atoms with Crippen molar-refractivity contribution in [2.45, 2.75) is 39.0 Å². The number of hydrogen-bond donors (Lipinski definition) is 0. The molecule has 2 rings (SSSR count). The summed E-state index contributed by atoms with van der Waals surface area (Å²) in [6.45, 7) is 9.33. The molecule has 0 aromatic heterocycles. The standard InChI is InChI=1S/C15H23NO2S/c1-11-5-6-14(4)15(8-11)19(17,18)16-9-12(2)7-13(3)10-16/h5-6,8,12-13H,7,9-10H2,1-4H3/t12-,13-/m0/s1. The van der Waals surface area contributed by atoms with E-state index in [1.807, 2.05) is 26.0 Å². The van der Waals surface area contributed by atoms with Crippen LogP contribution in [0.5, 0.6) is 0 Å². The average Bonchev–Trinajstić information content (AvgIpc) is 2.31. The van der Waals surface area contributed by atoms with Gasteiger partial charge in [-0.25, -0.2) is 8.42 Å². The molecule has 1 aliphatic rings. The normalized spacial score (nSPS) is 25.5. The Morgan fingerprint density at radius 1 is 1.11 bits per heavy atom. The minimum Gasteiger partial charge on any atom is -0.207 e. The molecule has 0 bridgehead atoms. The molecule has 0 unspecified atom stereocenters. The third kappa shape index (κ3) is 3.00. The Kier molecular flexibility index (Phi) is 4.02. The molecule has 3 nitrogen and oxygen atoms in total. The lowest BCUT2D eigenvalue weighted by Gasteiger charge is -2.34. The minimum absolute atomic E-state index is 0.434. The quantitative estimate of drug-likeness (QED) is 0.835. The van der Waals surface area contributed by atoms with Crippen LogP contribution in [0.25, 0.3) is 0 Å². The van der Waals surface area contributed by atoms with Gasteiger partial charge in [0.1, 0.15) is 0 Å². The molecule has 4 heteroatoms. The summed E-state index contributed by atoms with van der Waals surface area (Å²) in [5.41, 5.74) is 1.82. The molecular weight excluding hydrogens is 258 g/mol. The van der Waals surface area contributed by atoms with E-state index < -0.39 is 10.0 Å². The van der Waals surface area contributed by atoms with Gasteiger partial charge < -0.3 is 0 Å². The highest BCUT2D eigenvalue weighted by Gasteiger charge is 2.32. The highest BCUT2D eigenvalue weighted by Crippen LogP contribution is 2.28. The van der Waals surface area contributed by atoms with Crippen molar-refractivity contribution in [3.05, 3.63) is 29.3 Å². The van der Waals surface area contributed by atoms with Gasteiger partial charge in [-0.05, 0) is 49.3 Å². The largest absolute Gasteiger partial charge is 0.243 e. The van der Waals surface area contributed by atoms with Gasteiger partial charge in [-0.3, -0.25) is 0 Å². The SMILES string of the molecule is Cc1ccc(C)c(S(=O)(=O)N2C[C@@H](C)C[C@H](C)C2)c1. The summed E-state index contributed by atoms with van der Waals surface area (Å²) in [5.74, 6) is 0.868. The second-order valence-corrected chi connectivity index (χ2v) is 7.94. The van der Waals surface area contributed by atoms with Gasteiger partial charge in [-0.15, -0.1) is 0 Å². The van der Waals surface area contributed by atoms with E-state index in [-0.39, 0.29) is 0 Å². The first-order chi connectivity index (χ1) is 8.80. The maximum atomic E-state index is 12.8. The summed E-state index contributed by atoms with van der Waals surface area (Å²) in [6.07, 6.45) is 1.11. The summed E-state index contributed by atoms with van der Waals surface area (Å²) < 4.78 is 27.2. The molecule has 1 aromatic rings. The summed E-state index contributed by atoms with van der Waals surface area (Å²) >= 11 is 0. The van der Waals surface area contributed by atoms with E-state index in [9.17, 15) is 8.42 Å². The first-order valence-corrected chi connectivity index (χ1v) is 8.32. The predicted molar refractivity (Wildman–Crippen MR) is 77.6 cm³/mol. The van der Waals surface area contributed by atoms with Crippen molar-refractivity contribution >= 4 is 10.0 Å². The van der Waals surface area contributed by atoms with Crippen LogP contribution < -0.4 is 0 Å². The molecule has 2 atom stereocenters. The predicted octanol–water partition coefficient (Wildman–Crippen LogP) is 2.97. The molecule has 0 N–H and O–H groups in total. The Bertz CT molecular complexity index is 556. The smallest absolute Gasteiger partial charge is 0.207 e. The van der Waals surface area contributed by atoms with E-state index >= 15 is 0 Å². The number of rotatable bonds is 2. The van der Waals surface area contributed by atoms with Crippen molar-refractivity contribution in [2.75, 3.05) is 13.1 Å². The number of sulfonamides is 1. The molecule has 0 saturated carbocycles. The number of hydrogen-bond acceptors (Lipinski definition) is 2. The third-order valence-electron chi connectivity index (χ3n) is 3.80.